The fourth-order valence-electron chi connectivity index (χ4n) is 1.76. The summed E-state index contributed by atoms with van der Waals surface area (Å²) in [7, 11) is 0. The minimum absolute atomic E-state index is 0.0852. The monoisotopic (exact) mass is 240 g/mol. The molecule has 0 aromatic heterocycles. The first-order chi connectivity index (χ1) is 7.41. The maximum absolute atomic E-state index is 11.8. The summed E-state index contributed by atoms with van der Waals surface area (Å²) in [6.45, 7) is 3.36. The maximum Gasteiger partial charge on any atom is 0.401 e. The third-order valence-corrected chi connectivity index (χ3v) is 2.62. The largest absolute Gasteiger partial charge is 0.401 e. The normalized spacial score (nSPS) is 27.0. The molecule has 1 aliphatic heterocycles. The van der Waals surface area contributed by atoms with Crippen LogP contribution in [0.25, 0.3) is 0 Å². The molecule has 1 saturated heterocycles. The maximum atomic E-state index is 11.8. The Morgan fingerprint density at radius 1 is 1.31 bits per heavy atom. The Labute approximate surface area is 93.7 Å². The molecule has 2 N–H and O–H groups in total. The molecule has 16 heavy (non-hydrogen) atoms. The van der Waals surface area contributed by atoms with Crippen LogP contribution in [0.1, 0.15) is 19.8 Å². The van der Waals surface area contributed by atoms with E-state index in [1.807, 2.05) is 6.92 Å². The van der Waals surface area contributed by atoms with Crippen molar-refractivity contribution < 1.29 is 17.9 Å². The van der Waals surface area contributed by atoms with Crippen LogP contribution in [0.5, 0.6) is 0 Å². The Hall–Kier alpha value is -0.330. The molecule has 0 aromatic rings. The summed E-state index contributed by atoms with van der Waals surface area (Å²) in [5.74, 6) is 0. The van der Waals surface area contributed by atoms with E-state index in [0.717, 1.165) is 19.4 Å². The van der Waals surface area contributed by atoms with Crippen LogP contribution in [0.2, 0.25) is 0 Å². The van der Waals surface area contributed by atoms with E-state index in [1.54, 1.807) is 0 Å². The third-order valence-electron chi connectivity index (χ3n) is 2.62. The number of rotatable bonds is 5. The van der Waals surface area contributed by atoms with Crippen molar-refractivity contribution in [2.24, 2.45) is 0 Å². The summed E-state index contributed by atoms with van der Waals surface area (Å²) in [5.41, 5.74) is -0.0852. The minimum Gasteiger partial charge on any atom is -0.380 e. The highest BCUT2D eigenvalue weighted by atomic mass is 19.4. The van der Waals surface area contributed by atoms with Crippen molar-refractivity contribution in [2.45, 2.75) is 31.5 Å². The van der Waals surface area contributed by atoms with Crippen molar-refractivity contribution in [1.82, 2.24) is 10.6 Å². The molecule has 0 bridgehead atoms. The molecule has 3 nitrogen and oxygen atoms in total. The zero-order valence-corrected chi connectivity index (χ0v) is 9.49. The Bertz CT molecular complexity index is 203. The van der Waals surface area contributed by atoms with Crippen molar-refractivity contribution in [3.8, 4) is 0 Å². The third kappa shape index (κ3) is 5.67. The van der Waals surface area contributed by atoms with Crippen LogP contribution in [0, 0.1) is 0 Å². The number of nitrogens with one attached hydrogen (secondary N) is 2. The predicted molar refractivity (Wildman–Crippen MR) is 55.4 cm³/mol. The van der Waals surface area contributed by atoms with Gasteiger partial charge in [0.2, 0.25) is 0 Å². The molecule has 1 fully saturated rings. The number of hydrogen-bond donors (Lipinski definition) is 2. The lowest BCUT2D eigenvalue weighted by atomic mass is 9.95. The molecule has 96 valence electrons. The first-order valence-corrected chi connectivity index (χ1v) is 5.52. The molecular weight excluding hydrogens is 221 g/mol. The van der Waals surface area contributed by atoms with Gasteiger partial charge in [0.05, 0.1) is 13.2 Å². The molecule has 0 spiro atoms. The molecule has 1 unspecified atom stereocenters. The standard InChI is InChI=1S/C10H19F3N2O/c1-9(3-2-6-16-8-9)15-5-4-14-7-10(11,12)13/h14-15H,2-8H2,1H3. The first-order valence-electron chi connectivity index (χ1n) is 5.52. The summed E-state index contributed by atoms with van der Waals surface area (Å²) >= 11 is 0. The van der Waals surface area contributed by atoms with Gasteiger partial charge in [-0.05, 0) is 19.8 Å². The lowest BCUT2D eigenvalue weighted by Crippen LogP contribution is -2.51. The van der Waals surface area contributed by atoms with Crippen LogP contribution in [-0.2, 0) is 4.74 Å². The molecule has 0 radical (unpaired) electrons. The Kier molecular flexibility index (Phi) is 5.01. The van der Waals surface area contributed by atoms with Gasteiger partial charge in [-0.2, -0.15) is 13.2 Å². The van der Waals surface area contributed by atoms with Crippen LogP contribution in [0.15, 0.2) is 0 Å². The molecule has 6 heteroatoms. The molecule has 1 aliphatic rings. The Balaban J connectivity index is 2.06. The van der Waals surface area contributed by atoms with Crippen LogP contribution < -0.4 is 10.6 Å². The predicted octanol–water partition coefficient (Wildman–Crippen LogP) is 1.30. The van der Waals surface area contributed by atoms with E-state index in [-0.39, 0.29) is 5.54 Å². The summed E-state index contributed by atoms with van der Waals surface area (Å²) in [6, 6.07) is 0. The fourth-order valence-corrected chi connectivity index (χ4v) is 1.76. The molecule has 0 aromatic carbocycles. The van der Waals surface area contributed by atoms with Gasteiger partial charge >= 0.3 is 6.18 Å². The van der Waals surface area contributed by atoms with E-state index in [0.29, 0.717) is 19.7 Å². The van der Waals surface area contributed by atoms with Crippen molar-refractivity contribution in [3.05, 3.63) is 0 Å². The van der Waals surface area contributed by atoms with Crippen LogP contribution in [0.3, 0.4) is 0 Å². The lowest BCUT2D eigenvalue weighted by molar-refractivity contribution is -0.124. The first kappa shape index (κ1) is 13.7. The van der Waals surface area contributed by atoms with Crippen molar-refractivity contribution in [1.29, 1.82) is 0 Å². The van der Waals surface area contributed by atoms with Gasteiger partial charge in [-0.1, -0.05) is 0 Å². The highest BCUT2D eigenvalue weighted by molar-refractivity contribution is 4.85. The van der Waals surface area contributed by atoms with E-state index in [4.69, 9.17) is 4.74 Å². The van der Waals surface area contributed by atoms with Gasteiger partial charge in [-0.25, -0.2) is 0 Å². The summed E-state index contributed by atoms with van der Waals surface area (Å²) in [4.78, 5) is 0. The van der Waals surface area contributed by atoms with E-state index in [1.165, 1.54) is 0 Å². The Morgan fingerprint density at radius 3 is 2.62 bits per heavy atom. The zero-order valence-electron chi connectivity index (χ0n) is 9.49. The molecule has 0 saturated carbocycles. The second-order valence-electron chi connectivity index (χ2n) is 4.44. The smallest absolute Gasteiger partial charge is 0.380 e. The number of ether oxygens (including phenoxy) is 1. The van der Waals surface area contributed by atoms with Crippen molar-refractivity contribution >= 4 is 0 Å². The lowest BCUT2D eigenvalue weighted by Gasteiger charge is -2.34. The van der Waals surface area contributed by atoms with E-state index >= 15 is 0 Å². The van der Waals surface area contributed by atoms with Gasteiger partial charge in [0.25, 0.3) is 0 Å². The minimum atomic E-state index is -4.13. The fraction of sp³-hybridized carbons (Fsp3) is 1.00. The van der Waals surface area contributed by atoms with Crippen LogP contribution >= 0.6 is 0 Å². The average Bonchev–Trinajstić information content (AvgIpc) is 2.16. The molecule has 0 aliphatic carbocycles. The second kappa shape index (κ2) is 5.84. The molecule has 1 heterocycles. The SMILES string of the molecule is CC1(NCCNCC(F)(F)F)CCCOC1. The zero-order chi connectivity index (χ0) is 12.1. The van der Waals surface area contributed by atoms with Gasteiger partial charge in [0.1, 0.15) is 0 Å². The van der Waals surface area contributed by atoms with Gasteiger partial charge in [-0.3, -0.25) is 0 Å². The topological polar surface area (TPSA) is 33.3 Å². The summed E-state index contributed by atoms with van der Waals surface area (Å²) in [5, 5.41) is 5.58. The average molecular weight is 240 g/mol. The molecular formula is C10H19F3N2O. The van der Waals surface area contributed by atoms with Gasteiger partial charge in [0.15, 0.2) is 0 Å². The molecule has 1 rings (SSSR count). The van der Waals surface area contributed by atoms with E-state index in [9.17, 15) is 13.2 Å². The van der Waals surface area contributed by atoms with Crippen LogP contribution in [-0.4, -0.2) is 44.6 Å². The van der Waals surface area contributed by atoms with Crippen LogP contribution in [0.4, 0.5) is 13.2 Å². The quantitative estimate of drug-likeness (QED) is 0.711. The highest BCUT2D eigenvalue weighted by Crippen LogP contribution is 2.17. The molecule has 0 amide bonds. The van der Waals surface area contributed by atoms with Gasteiger partial charge in [0, 0.05) is 25.2 Å². The van der Waals surface area contributed by atoms with E-state index < -0.39 is 12.7 Å². The van der Waals surface area contributed by atoms with Crippen molar-refractivity contribution in [3.63, 3.8) is 0 Å². The summed E-state index contributed by atoms with van der Waals surface area (Å²) < 4.78 is 40.8. The number of alkyl halides is 3. The number of hydrogen-bond acceptors (Lipinski definition) is 3. The Morgan fingerprint density at radius 2 is 2.06 bits per heavy atom. The van der Waals surface area contributed by atoms with Crippen molar-refractivity contribution in [2.75, 3.05) is 32.8 Å². The number of halogens is 3. The summed E-state index contributed by atoms with van der Waals surface area (Å²) in [6.07, 6.45) is -2.12. The highest BCUT2D eigenvalue weighted by Gasteiger charge is 2.28. The molecule has 1 atom stereocenters. The van der Waals surface area contributed by atoms with E-state index in [2.05, 4.69) is 10.6 Å². The van der Waals surface area contributed by atoms with Gasteiger partial charge < -0.3 is 15.4 Å². The van der Waals surface area contributed by atoms with Gasteiger partial charge in [-0.15, -0.1) is 0 Å². The second-order valence-corrected chi connectivity index (χ2v) is 4.44.